The first-order valence-electron chi connectivity index (χ1n) is 16.8. The molecule has 1 aromatic heterocycles. The normalized spacial score (nSPS) is 13.3. The van der Waals surface area contributed by atoms with E-state index in [4.69, 9.17) is 4.98 Å². The van der Waals surface area contributed by atoms with Crippen molar-refractivity contribution >= 4 is 44.7 Å². The van der Waals surface area contributed by atoms with Crippen molar-refractivity contribution in [1.82, 2.24) is 4.98 Å². The van der Waals surface area contributed by atoms with Gasteiger partial charge in [0.2, 0.25) is 0 Å². The van der Waals surface area contributed by atoms with E-state index >= 15 is 0 Å². The highest BCUT2D eigenvalue weighted by molar-refractivity contribution is 7.85. The highest BCUT2D eigenvalue weighted by Gasteiger charge is 2.39. The monoisotopic (exact) mass is 647 g/mol. The molecule has 0 bridgehead atoms. The highest BCUT2D eigenvalue weighted by Crippen LogP contribution is 2.53. The van der Waals surface area contributed by atoms with E-state index < -0.39 is 7.14 Å². The summed E-state index contributed by atoms with van der Waals surface area (Å²) in [7, 11) is -3.04. The quantitative estimate of drug-likeness (QED) is 0.174. The molecule has 0 atom stereocenters. The van der Waals surface area contributed by atoms with Crippen molar-refractivity contribution in [2.24, 2.45) is 0 Å². The molecule has 234 valence electrons. The van der Waals surface area contributed by atoms with Crippen molar-refractivity contribution in [2.75, 3.05) is 0 Å². The number of nitrogens with zero attached hydrogens (tertiary/aromatic N) is 1. The van der Waals surface area contributed by atoms with E-state index in [1.165, 1.54) is 33.2 Å². The van der Waals surface area contributed by atoms with Crippen LogP contribution in [0.15, 0.2) is 170 Å². The maximum Gasteiger partial charge on any atom is 0.171 e. The van der Waals surface area contributed by atoms with E-state index in [1.54, 1.807) is 0 Å². The Morgan fingerprint density at radius 3 is 1.82 bits per heavy atom. The summed E-state index contributed by atoms with van der Waals surface area (Å²) in [6.07, 6.45) is 0. The van der Waals surface area contributed by atoms with Crippen LogP contribution in [0.2, 0.25) is 0 Å². The van der Waals surface area contributed by atoms with E-state index in [1.807, 2.05) is 66.7 Å². The van der Waals surface area contributed by atoms with Crippen molar-refractivity contribution in [3.05, 3.63) is 181 Å². The van der Waals surface area contributed by atoms with Crippen molar-refractivity contribution in [3.8, 4) is 33.5 Å². The lowest BCUT2D eigenvalue weighted by Gasteiger charge is -2.25. The van der Waals surface area contributed by atoms with E-state index in [0.29, 0.717) is 0 Å². The van der Waals surface area contributed by atoms with Gasteiger partial charge in [0.1, 0.15) is 0 Å². The molecule has 0 fully saturated rings. The number of para-hydroxylation sites is 1. The second-order valence-electron chi connectivity index (χ2n) is 13.5. The van der Waals surface area contributed by atoms with Crippen LogP contribution in [0.3, 0.4) is 0 Å². The minimum absolute atomic E-state index is 0.168. The van der Waals surface area contributed by atoms with Gasteiger partial charge < -0.3 is 4.57 Å². The summed E-state index contributed by atoms with van der Waals surface area (Å²) in [5.74, 6) is 0. The second-order valence-corrected chi connectivity index (χ2v) is 16.3. The van der Waals surface area contributed by atoms with Crippen LogP contribution in [0.1, 0.15) is 25.0 Å². The van der Waals surface area contributed by atoms with Gasteiger partial charge in [-0.3, -0.25) is 0 Å². The predicted molar refractivity (Wildman–Crippen MR) is 207 cm³/mol. The zero-order chi connectivity index (χ0) is 33.2. The van der Waals surface area contributed by atoms with Gasteiger partial charge in [0.25, 0.3) is 0 Å². The molecule has 0 aliphatic heterocycles. The minimum atomic E-state index is -3.04. The molecule has 1 aliphatic carbocycles. The summed E-state index contributed by atoms with van der Waals surface area (Å²) in [5.41, 5.74) is 10.6. The third-order valence-electron chi connectivity index (χ3n) is 10.3. The van der Waals surface area contributed by atoms with Crippen molar-refractivity contribution < 1.29 is 4.57 Å². The first kappa shape index (κ1) is 29.6. The Balaban J connectivity index is 1.12. The second kappa shape index (κ2) is 11.3. The lowest BCUT2D eigenvalue weighted by atomic mass is 9.78. The molecule has 3 heteroatoms. The Hall–Kier alpha value is -5.56. The molecule has 0 N–H and O–H groups in total. The van der Waals surface area contributed by atoms with E-state index in [0.717, 1.165) is 49.0 Å². The van der Waals surface area contributed by atoms with Crippen LogP contribution in [0, 0.1) is 0 Å². The number of fused-ring (bicyclic) bond motifs is 5. The standard InChI is InChI=1S/C46H34NOP/c1-46(2)41-19-11-9-17-39(41)45-44(46)43(40-18-10-12-20-42(40)47-45)32-23-21-31(22-24-32)33-25-26-35-30-38(28-27-34(35)29-33)49(48,36-13-5-3-6-14-36)37-15-7-4-8-16-37/h3-30H,1-2H3. The first-order chi connectivity index (χ1) is 23.9. The fourth-order valence-corrected chi connectivity index (χ4v) is 10.5. The SMILES string of the molecule is CC1(C)c2ccccc2-c2nc3ccccc3c(-c3ccc(-c4ccc5cc(P(=O)(c6ccccc6)c6ccccc6)ccc5c4)cc3)c21. The fraction of sp³-hybridized carbons (Fsp3) is 0.0652. The maximum absolute atomic E-state index is 15.0. The van der Waals surface area contributed by atoms with Gasteiger partial charge in [0.15, 0.2) is 7.14 Å². The average Bonchev–Trinajstić information content (AvgIpc) is 3.39. The Kier molecular flexibility index (Phi) is 6.80. The molecule has 7 aromatic carbocycles. The Labute approximate surface area is 287 Å². The van der Waals surface area contributed by atoms with Crippen LogP contribution < -0.4 is 15.9 Å². The van der Waals surface area contributed by atoms with Crippen LogP contribution in [0.25, 0.3) is 55.2 Å². The van der Waals surface area contributed by atoms with E-state index in [2.05, 4.69) is 117 Å². The Morgan fingerprint density at radius 1 is 0.510 bits per heavy atom. The van der Waals surface area contributed by atoms with Gasteiger partial charge in [0.05, 0.1) is 11.2 Å². The summed E-state index contributed by atoms with van der Waals surface area (Å²) >= 11 is 0. The molecule has 9 rings (SSSR count). The van der Waals surface area contributed by atoms with Crippen LogP contribution in [-0.4, -0.2) is 4.98 Å². The molecule has 2 nitrogen and oxygen atoms in total. The fourth-order valence-electron chi connectivity index (χ4n) is 7.85. The average molecular weight is 648 g/mol. The van der Waals surface area contributed by atoms with Crippen molar-refractivity contribution in [3.63, 3.8) is 0 Å². The van der Waals surface area contributed by atoms with Crippen LogP contribution in [-0.2, 0) is 9.98 Å². The Bertz CT molecular complexity index is 2550. The lowest BCUT2D eigenvalue weighted by molar-refractivity contribution is 0.592. The summed E-state index contributed by atoms with van der Waals surface area (Å²) < 4.78 is 15.0. The minimum Gasteiger partial charge on any atom is -0.309 e. The van der Waals surface area contributed by atoms with Crippen molar-refractivity contribution in [1.29, 1.82) is 0 Å². The Morgan fingerprint density at radius 2 is 1.08 bits per heavy atom. The molecular weight excluding hydrogens is 613 g/mol. The molecule has 1 aliphatic rings. The molecule has 0 spiro atoms. The molecule has 0 radical (unpaired) electrons. The molecule has 0 amide bonds. The zero-order valence-electron chi connectivity index (χ0n) is 27.5. The van der Waals surface area contributed by atoms with Gasteiger partial charge in [-0.2, -0.15) is 0 Å². The van der Waals surface area contributed by atoms with Crippen molar-refractivity contribution in [2.45, 2.75) is 19.3 Å². The third kappa shape index (κ3) is 4.63. The number of pyridine rings is 1. The maximum atomic E-state index is 15.0. The van der Waals surface area contributed by atoms with Gasteiger partial charge >= 0.3 is 0 Å². The number of benzene rings is 7. The molecule has 0 unspecified atom stereocenters. The summed E-state index contributed by atoms with van der Waals surface area (Å²) in [6, 6.07) is 58.8. The smallest absolute Gasteiger partial charge is 0.171 e. The van der Waals surface area contributed by atoms with Crippen LogP contribution in [0.5, 0.6) is 0 Å². The van der Waals surface area contributed by atoms with Gasteiger partial charge in [-0.25, -0.2) is 4.98 Å². The molecular formula is C46H34NOP. The molecule has 49 heavy (non-hydrogen) atoms. The lowest BCUT2D eigenvalue weighted by Crippen LogP contribution is -2.24. The number of aromatic nitrogens is 1. The highest BCUT2D eigenvalue weighted by atomic mass is 31.2. The van der Waals surface area contributed by atoms with Crippen LogP contribution >= 0.6 is 7.14 Å². The summed E-state index contributed by atoms with van der Waals surface area (Å²) in [4.78, 5) is 5.21. The molecule has 8 aromatic rings. The molecule has 0 saturated heterocycles. The molecule has 1 heterocycles. The number of hydrogen-bond donors (Lipinski definition) is 0. The molecule has 0 saturated carbocycles. The van der Waals surface area contributed by atoms with E-state index in [-0.39, 0.29) is 5.41 Å². The van der Waals surface area contributed by atoms with Crippen LogP contribution in [0.4, 0.5) is 0 Å². The summed E-state index contributed by atoms with van der Waals surface area (Å²) in [5, 5.41) is 5.91. The zero-order valence-corrected chi connectivity index (χ0v) is 28.4. The van der Waals surface area contributed by atoms with Gasteiger partial charge in [-0.1, -0.05) is 166 Å². The van der Waals surface area contributed by atoms with Gasteiger partial charge in [-0.15, -0.1) is 0 Å². The first-order valence-corrected chi connectivity index (χ1v) is 18.5. The topological polar surface area (TPSA) is 30.0 Å². The van der Waals surface area contributed by atoms with E-state index in [9.17, 15) is 4.57 Å². The summed E-state index contributed by atoms with van der Waals surface area (Å²) in [6.45, 7) is 4.65. The predicted octanol–water partition coefficient (Wildman–Crippen LogP) is 10.7. The number of hydrogen-bond acceptors (Lipinski definition) is 2. The largest absolute Gasteiger partial charge is 0.309 e. The van der Waals surface area contributed by atoms with Gasteiger partial charge in [0, 0.05) is 32.3 Å². The van der Waals surface area contributed by atoms with Gasteiger partial charge in [-0.05, 0) is 62.4 Å². The number of rotatable bonds is 5. The third-order valence-corrected chi connectivity index (χ3v) is 13.4.